The molecule has 2 aliphatic rings. The lowest BCUT2D eigenvalue weighted by Gasteiger charge is -2.52. The van der Waals surface area contributed by atoms with E-state index < -0.39 is 0 Å². The summed E-state index contributed by atoms with van der Waals surface area (Å²) in [6, 6.07) is 14.8. The number of likely N-dealkylation sites (tertiary alicyclic amines) is 1. The molecule has 4 heteroatoms. The Morgan fingerprint density at radius 1 is 1.27 bits per heavy atom. The second kappa shape index (κ2) is 5.70. The Hall–Kier alpha value is -2.62. The fourth-order valence-electron chi connectivity index (χ4n) is 5.14. The van der Waals surface area contributed by atoms with E-state index in [1.165, 1.54) is 11.1 Å². The minimum atomic E-state index is 0.0564. The van der Waals surface area contributed by atoms with Crippen LogP contribution in [0.25, 0.3) is 11.0 Å². The molecular weight excluding hydrogens is 322 g/mol. The van der Waals surface area contributed by atoms with E-state index in [1.54, 1.807) is 6.33 Å². The van der Waals surface area contributed by atoms with Gasteiger partial charge in [0.25, 0.3) is 5.91 Å². The number of aryl methyl sites for hydroxylation is 1. The van der Waals surface area contributed by atoms with Crippen molar-refractivity contribution in [2.75, 3.05) is 6.54 Å². The topological polar surface area (TPSA) is 49.0 Å². The lowest BCUT2D eigenvalue weighted by atomic mass is 9.63. The van der Waals surface area contributed by atoms with Crippen molar-refractivity contribution >= 4 is 16.9 Å². The number of aromatic nitrogens is 2. The van der Waals surface area contributed by atoms with Crippen molar-refractivity contribution in [2.24, 2.45) is 0 Å². The van der Waals surface area contributed by atoms with Gasteiger partial charge in [0.1, 0.15) is 0 Å². The summed E-state index contributed by atoms with van der Waals surface area (Å²) in [4.78, 5) is 22.9. The summed E-state index contributed by atoms with van der Waals surface area (Å²) in [5.74, 6) is 0.150. The third kappa shape index (κ3) is 2.21. The zero-order valence-electron chi connectivity index (χ0n) is 15.0. The van der Waals surface area contributed by atoms with Gasteiger partial charge in [-0.1, -0.05) is 31.2 Å². The van der Waals surface area contributed by atoms with Crippen molar-refractivity contribution in [3.8, 4) is 0 Å². The van der Waals surface area contributed by atoms with Crippen LogP contribution in [0, 0.1) is 0 Å². The first-order valence-corrected chi connectivity index (χ1v) is 9.49. The predicted molar refractivity (Wildman–Crippen MR) is 102 cm³/mol. The molecule has 1 saturated heterocycles. The summed E-state index contributed by atoms with van der Waals surface area (Å²) in [6.07, 6.45) is 5.98. The van der Waals surface area contributed by atoms with E-state index in [-0.39, 0.29) is 17.4 Å². The van der Waals surface area contributed by atoms with Gasteiger partial charge in [0, 0.05) is 23.6 Å². The van der Waals surface area contributed by atoms with E-state index in [2.05, 4.69) is 46.1 Å². The van der Waals surface area contributed by atoms with Crippen LogP contribution in [0.2, 0.25) is 0 Å². The highest BCUT2D eigenvalue weighted by Gasteiger charge is 2.46. The van der Waals surface area contributed by atoms with Gasteiger partial charge in [0.2, 0.25) is 0 Å². The number of nitrogens with zero attached hydrogens (tertiary/aromatic N) is 2. The lowest BCUT2D eigenvalue weighted by molar-refractivity contribution is 0.0390. The van der Waals surface area contributed by atoms with Crippen LogP contribution in [0.1, 0.15) is 47.7 Å². The highest BCUT2D eigenvalue weighted by atomic mass is 16.2. The normalized spacial score (nSPS) is 25.0. The Labute approximate surface area is 153 Å². The average molecular weight is 345 g/mol. The first kappa shape index (κ1) is 15.6. The molecule has 132 valence electrons. The van der Waals surface area contributed by atoms with Crippen molar-refractivity contribution in [3.63, 3.8) is 0 Å². The quantitative estimate of drug-likeness (QED) is 0.723. The number of benzene rings is 2. The van der Waals surface area contributed by atoms with Crippen molar-refractivity contribution in [1.29, 1.82) is 0 Å². The number of aromatic amines is 1. The van der Waals surface area contributed by atoms with E-state index in [1.807, 2.05) is 18.2 Å². The molecule has 2 atom stereocenters. The molecule has 1 amide bonds. The first-order valence-electron chi connectivity index (χ1n) is 9.49. The molecule has 1 aliphatic carbocycles. The predicted octanol–water partition coefficient (Wildman–Crippen LogP) is 4.07. The second-order valence-electron chi connectivity index (χ2n) is 7.87. The molecule has 26 heavy (non-hydrogen) atoms. The van der Waals surface area contributed by atoms with Crippen LogP contribution in [0.3, 0.4) is 0 Å². The van der Waals surface area contributed by atoms with Crippen LogP contribution in [0.4, 0.5) is 0 Å². The maximum absolute atomic E-state index is 13.4. The third-order valence-corrected chi connectivity index (χ3v) is 6.45. The van der Waals surface area contributed by atoms with Crippen LogP contribution in [0.15, 0.2) is 48.8 Å². The fourth-order valence-corrected chi connectivity index (χ4v) is 5.14. The third-order valence-electron chi connectivity index (χ3n) is 6.45. The van der Waals surface area contributed by atoms with E-state index in [0.29, 0.717) is 0 Å². The minimum absolute atomic E-state index is 0.0564. The van der Waals surface area contributed by atoms with Gasteiger partial charge in [-0.15, -0.1) is 0 Å². The number of carbonyl (C=O) groups is 1. The number of hydrogen-bond acceptors (Lipinski definition) is 2. The Morgan fingerprint density at radius 3 is 3.08 bits per heavy atom. The van der Waals surface area contributed by atoms with Crippen molar-refractivity contribution in [2.45, 2.75) is 44.1 Å². The number of piperidine rings is 1. The zero-order chi connectivity index (χ0) is 17.7. The molecule has 1 N–H and O–H groups in total. The Kier molecular flexibility index (Phi) is 3.42. The van der Waals surface area contributed by atoms with Gasteiger partial charge in [0.15, 0.2) is 0 Å². The van der Waals surface area contributed by atoms with Gasteiger partial charge in [-0.05, 0) is 55.0 Å². The SMILES string of the molecule is CC12CCCN(C(=O)c3ccc4nc[nH]c4c3)[C@@H]1CCc1ccccc12. The molecule has 0 radical (unpaired) electrons. The molecule has 4 nitrogen and oxygen atoms in total. The maximum Gasteiger partial charge on any atom is 0.254 e. The van der Waals surface area contributed by atoms with Gasteiger partial charge >= 0.3 is 0 Å². The molecule has 1 fully saturated rings. The summed E-state index contributed by atoms with van der Waals surface area (Å²) >= 11 is 0. The second-order valence-corrected chi connectivity index (χ2v) is 7.87. The smallest absolute Gasteiger partial charge is 0.254 e. The molecule has 5 rings (SSSR count). The van der Waals surface area contributed by atoms with Crippen LogP contribution in [0.5, 0.6) is 0 Å². The molecular formula is C22H23N3O. The number of nitrogens with one attached hydrogen (secondary N) is 1. The summed E-state index contributed by atoms with van der Waals surface area (Å²) in [5, 5.41) is 0. The number of hydrogen-bond donors (Lipinski definition) is 1. The van der Waals surface area contributed by atoms with Gasteiger partial charge in [-0.3, -0.25) is 4.79 Å². The van der Waals surface area contributed by atoms with Crippen LogP contribution >= 0.6 is 0 Å². The number of fused-ring (bicyclic) bond motifs is 4. The number of amides is 1. The Bertz CT molecular complexity index is 992. The number of carbonyl (C=O) groups excluding carboxylic acids is 1. The molecule has 1 unspecified atom stereocenters. The Morgan fingerprint density at radius 2 is 2.15 bits per heavy atom. The van der Waals surface area contributed by atoms with Crippen LogP contribution in [-0.2, 0) is 11.8 Å². The van der Waals surface area contributed by atoms with Crippen LogP contribution < -0.4 is 0 Å². The summed E-state index contributed by atoms with van der Waals surface area (Å²) in [7, 11) is 0. The number of rotatable bonds is 1. The van der Waals surface area contributed by atoms with Crippen molar-refractivity contribution in [3.05, 3.63) is 65.5 Å². The molecule has 0 spiro atoms. The molecule has 1 aliphatic heterocycles. The van der Waals surface area contributed by atoms with E-state index in [9.17, 15) is 4.79 Å². The van der Waals surface area contributed by atoms with Crippen molar-refractivity contribution < 1.29 is 4.79 Å². The summed E-state index contributed by atoms with van der Waals surface area (Å²) in [6.45, 7) is 3.20. The van der Waals surface area contributed by atoms with E-state index in [4.69, 9.17) is 0 Å². The van der Waals surface area contributed by atoms with Crippen molar-refractivity contribution in [1.82, 2.24) is 14.9 Å². The highest BCUT2D eigenvalue weighted by molar-refractivity contribution is 5.97. The standard InChI is InChI=1S/C22H23N3O/c1-22-11-4-12-25(20(22)10-8-15-5-2-3-6-17(15)22)21(26)16-7-9-18-19(13-16)24-14-23-18/h2-3,5-7,9,13-14,20H,4,8,10-12H2,1H3,(H,23,24)/t20-,22?/m1/s1. The van der Waals surface area contributed by atoms with Crippen LogP contribution in [-0.4, -0.2) is 33.4 Å². The minimum Gasteiger partial charge on any atom is -0.345 e. The lowest BCUT2D eigenvalue weighted by Crippen LogP contribution is -2.57. The molecule has 1 aromatic heterocycles. The van der Waals surface area contributed by atoms with Gasteiger partial charge in [-0.25, -0.2) is 4.98 Å². The summed E-state index contributed by atoms with van der Waals surface area (Å²) in [5.41, 5.74) is 5.53. The molecule has 2 aromatic carbocycles. The zero-order valence-corrected chi connectivity index (χ0v) is 15.0. The largest absolute Gasteiger partial charge is 0.345 e. The van der Waals surface area contributed by atoms with Gasteiger partial charge in [0.05, 0.1) is 17.4 Å². The molecule has 2 heterocycles. The van der Waals surface area contributed by atoms with E-state index in [0.717, 1.165) is 48.8 Å². The monoisotopic (exact) mass is 345 g/mol. The number of imidazole rings is 1. The van der Waals surface area contributed by atoms with Gasteiger partial charge in [-0.2, -0.15) is 0 Å². The summed E-state index contributed by atoms with van der Waals surface area (Å²) < 4.78 is 0. The molecule has 0 saturated carbocycles. The maximum atomic E-state index is 13.4. The Balaban J connectivity index is 1.52. The molecule has 0 bridgehead atoms. The van der Waals surface area contributed by atoms with Gasteiger partial charge < -0.3 is 9.88 Å². The highest BCUT2D eigenvalue weighted by Crippen LogP contribution is 2.46. The first-order chi connectivity index (χ1) is 12.7. The average Bonchev–Trinajstić information content (AvgIpc) is 3.14. The fraction of sp³-hybridized carbons (Fsp3) is 0.364. The number of H-pyrrole nitrogens is 1. The molecule has 3 aromatic rings. The van der Waals surface area contributed by atoms with E-state index >= 15 is 0 Å².